The van der Waals surface area contributed by atoms with Crippen molar-refractivity contribution in [3.8, 4) is 11.1 Å². The topological polar surface area (TPSA) is 110 Å². The molecule has 9 nitrogen and oxygen atoms in total. The molecular formula is C22H22FN5O4. The Balaban J connectivity index is 1.38. The smallest absolute Gasteiger partial charge is 0.414 e. The number of halogens is 1. The molecule has 0 aliphatic carbocycles. The van der Waals surface area contributed by atoms with Gasteiger partial charge in [0.2, 0.25) is 5.91 Å². The van der Waals surface area contributed by atoms with E-state index in [4.69, 9.17) is 9.26 Å². The average molecular weight is 439 g/mol. The van der Waals surface area contributed by atoms with Crippen molar-refractivity contribution in [3.63, 3.8) is 0 Å². The Hall–Kier alpha value is -3.79. The minimum Gasteiger partial charge on any atom is -0.442 e. The molecule has 3 aromatic rings. The summed E-state index contributed by atoms with van der Waals surface area (Å²) in [4.78, 5) is 28.9. The number of aromatic nitrogens is 2. The van der Waals surface area contributed by atoms with Gasteiger partial charge < -0.3 is 19.9 Å². The van der Waals surface area contributed by atoms with E-state index in [1.54, 1.807) is 36.9 Å². The second-order valence-corrected chi connectivity index (χ2v) is 7.39. The lowest BCUT2D eigenvalue weighted by Crippen LogP contribution is -2.33. The predicted molar refractivity (Wildman–Crippen MR) is 113 cm³/mol. The van der Waals surface area contributed by atoms with E-state index in [1.165, 1.54) is 17.9 Å². The van der Waals surface area contributed by atoms with E-state index in [9.17, 15) is 14.0 Å². The summed E-state index contributed by atoms with van der Waals surface area (Å²) in [5, 5.41) is 9.48. The molecule has 1 saturated heterocycles. The molecule has 1 fully saturated rings. The van der Waals surface area contributed by atoms with Crippen molar-refractivity contribution in [2.45, 2.75) is 26.1 Å². The van der Waals surface area contributed by atoms with Gasteiger partial charge in [0.1, 0.15) is 18.2 Å². The fourth-order valence-corrected chi connectivity index (χ4v) is 3.34. The summed E-state index contributed by atoms with van der Waals surface area (Å²) in [5.41, 5.74) is 3.15. The van der Waals surface area contributed by atoms with E-state index in [0.29, 0.717) is 29.9 Å². The SMILES string of the molecule is CC(=O)NC[C@H]1CN(c2ccc(-c3ccc(CNCc4cnoc4)nc3)c(F)c2)C(=O)O1. The van der Waals surface area contributed by atoms with Crippen molar-refractivity contribution in [1.29, 1.82) is 0 Å². The number of anilines is 1. The largest absolute Gasteiger partial charge is 0.442 e. The van der Waals surface area contributed by atoms with Crippen LogP contribution in [0.4, 0.5) is 14.9 Å². The number of rotatable bonds is 8. The van der Waals surface area contributed by atoms with Gasteiger partial charge in [0.25, 0.3) is 0 Å². The summed E-state index contributed by atoms with van der Waals surface area (Å²) >= 11 is 0. The number of amides is 2. The number of cyclic esters (lactones) is 1. The van der Waals surface area contributed by atoms with Crippen LogP contribution >= 0.6 is 0 Å². The van der Waals surface area contributed by atoms with Crippen LogP contribution in [0.1, 0.15) is 18.2 Å². The molecule has 4 rings (SSSR count). The summed E-state index contributed by atoms with van der Waals surface area (Å²) in [6.07, 6.45) is 3.77. The van der Waals surface area contributed by atoms with E-state index in [0.717, 1.165) is 11.3 Å². The number of nitrogens with zero attached hydrogens (tertiary/aromatic N) is 3. The number of ether oxygens (including phenoxy) is 1. The minimum atomic E-state index is -0.572. The Bertz CT molecular complexity index is 1090. The molecule has 0 saturated carbocycles. The van der Waals surface area contributed by atoms with Crippen LogP contribution in [0.15, 0.2) is 53.5 Å². The molecule has 2 amide bonds. The molecule has 10 heteroatoms. The van der Waals surface area contributed by atoms with Crippen LogP contribution in [0.25, 0.3) is 11.1 Å². The highest BCUT2D eigenvalue weighted by Crippen LogP contribution is 2.28. The standard InChI is InChI=1S/C22H22FN5O4/c1-14(29)25-11-19-12-28(22(30)32-19)18-4-5-20(21(23)6-18)16-2-3-17(26-9-16)10-24-7-15-8-27-31-13-15/h2-6,8-9,13,19,24H,7,10-12H2,1H3,(H,25,29)/t19-/m0/s1. The molecule has 2 aromatic heterocycles. The number of carbonyl (C=O) groups is 2. The monoisotopic (exact) mass is 439 g/mol. The maximum atomic E-state index is 14.8. The van der Waals surface area contributed by atoms with Gasteiger partial charge in [-0.2, -0.15) is 0 Å². The normalized spacial score (nSPS) is 15.6. The van der Waals surface area contributed by atoms with Crippen molar-refractivity contribution in [2.24, 2.45) is 0 Å². The summed E-state index contributed by atoms with van der Waals surface area (Å²) in [7, 11) is 0. The van der Waals surface area contributed by atoms with E-state index < -0.39 is 18.0 Å². The summed E-state index contributed by atoms with van der Waals surface area (Å²) in [6, 6.07) is 8.20. The van der Waals surface area contributed by atoms with E-state index in [-0.39, 0.29) is 19.0 Å². The molecule has 32 heavy (non-hydrogen) atoms. The van der Waals surface area contributed by atoms with Gasteiger partial charge in [-0.25, -0.2) is 9.18 Å². The molecule has 3 heterocycles. The second kappa shape index (κ2) is 9.56. The Morgan fingerprint density at radius 3 is 2.81 bits per heavy atom. The highest BCUT2D eigenvalue weighted by Gasteiger charge is 2.32. The van der Waals surface area contributed by atoms with Crippen LogP contribution in [-0.2, 0) is 22.6 Å². The number of carbonyl (C=O) groups excluding carboxylic acids is 2. The fourth-order valence-electron chi connectivity index (χ4n) is 3.34. The molecule has 0 bridgehead atoms. The fraction of sp³-hybridized carbons (Fsp3) is 0.273. The molecule has 1 aliphatic heterocycles. The maximum absolute atomic E-state index is 14.8. The third-order valence-electron chi connectivity index (χ3n) is 4.97. The predicted octanol–water partition coefficient (Wildman–Crippen LogP) is 2.63. The molecule has 0 spiro atoms. The van der Waals surface area contributed by atoms with Crippen LogP contribution < -0.4 is 15.5 Å². The van der Waals surface area contributed by atoms with Crippen LogP contribution in [0.2, 0.25) is 0 Å². The van der Waals surface area contributed by atoms with Crippen LogP contribution in [0, 0.1) is 5.82 Å². The van der Waals surface area contributed by atoms with Crippen LogP contribution in [-0.4, -0.2) is 41.3 Å². The number of benzene rings is 1. The van der Waals surface area contributed by atoms with Crippen molar-refractivity contribution >= 4 is 17.7 Å². The zero-order valence-electron chi connectivity index (χ0n) is 17.4. The Morgan fingerprint density at radius 1 is 1.25 bits per heavy atom. The van der Waals surface area contributed by atoms with Crippen LogP contribution in [0.3, 0.4) is 0 Å². The maximum Gasteiger partial charge on any atom is 0.414 e. The van der Waals surface area contributed by atoms with Crippen molar-refractivity contribution in [2.75, 3.05) is 18.0 Å². The second-order valence-electron chi connectivity index (χ2n) is 7.39. The van der Waals surface area contributed by atoms with E-state index in [1.807, 2.05) is 6.07 Å². The van der Waals surface area contributed by atoms with Gasteiger partial charge in [0.05, 0.1) is 30.7 Å². The first-order valence-electron chi connectivity index (χ1n) is 10.1. The van der Waals surface area contributed by atoms with Gasteiger partial charge >= 0.3 is 6.09 Å². The molecule has 1 atom stereocenters. The highest BCUT2D eigenvalue weighted by molar-refractivity contribution is 5.90. The first-order chi connectivity index (χ1) is 15.5. The summed E-state index contributed by atoms with van der Waals surface area (Å²) in [5.74, 6) is -0.679. The summed E-state index contributed by atoms with van der Waals surface area (Å²) in [6.45, 7) is 2.98. The third kappa shape index (κ3) is 5.09. The molecule has 0 radical (unpaired) electrons. The molecule has 1 aliphatic rings. The van der Waals surface area contributed by atoms with Gasteiger partial charge in [-0.1, -0.05) is 11.2 Å². The molecule has 2 N–H and O–H groups in total. The number of hydrogen-bond donors (Lipinski definition) is 2. The molecule has 1 aromatic carbocycles. The van der Waals surface area contributed by atoms with E-state index in [2.05, 4.69) is 20.8 Å². The van der Waals surface area contributed by atoms with Crippen molar-refractivity contribution in [3.05, 3.63) is 66.1 Å². The van der Waals surface area contributed by atoms with Crippen LogP contribution in [0.5, 0.6) is 0 Å². The number of hydrogen-bond acceptors (Lipinski definition) is 7. The summed E-state index contributed by atoms with van der Waals surface area (Å²) < 4.78 is 24.8. The third-order valence-corrected chi connectivity index (χ3v) is 4.97. The van der Waals surface area contributed by atoms with Gasteiger partial charge in [-0.15, -0.1) is 0 Å². The number of pyridine rings is 1. The minimum absolute atomic E-state index is 0.208. The van der Waals surface area contributed by atoms with Gasteiger partial charge in [-0.05, 0) is 24.3 Å². The zero-order chi connectivity index (χ0) is 22.5. The lowest BCUT2D eigenvalue weighted by molar-refractivity contribution is -0.119. The first-order valence-corrected chi connectivity index (χ1v) is 10.1. The molecule has 166 valence electrons. The van der Waals surface area contributed by atoms with Crippen molar-refractivity contribution < 1.29 is 23.2 Å². The highest BCUT2D eigenvalue weighted by atomic mass is 19.1. The Labute approximate surface area is 183 Å². The first kappa shape index (κ1) is 21.4. The Morgan fingerprint density at radius 2 is 2.12 bits per heavy atom. The lowest BCUT2D eigenvalue weighted by atomic mass is 10.1. The average Bonchev–Trinajstić information content (AvgIpc) is 3.42. The van der Waals surface area contributed by atoms with Gasteiger partial charge in [0.15, 0.2) is 0 Å². The quantitative estimate of drug-likeness (QED) is 0.555. The van der Waals surface area contributed by atoms with E-state index >= 15 is 0 Å². The lowest BCUT2D eigenvalue weighted by Gasteiger charge is -2.14. The molecule has 0 unspecified atom stereocenters. The zero-order valence-corrected chi connectivity index (χ0v) is 17.4. The van der Waals surface area contributed by atoms with Gasteiger partial charge in [-0.3, -0.25) is 14.7 Å². The number of nitrogens with one attached hydrogen (secondary N) is 2. The Kier molecular flexibility index (Phi) is 6.41. The van der Waals surface area contributed by atoms with Gasteiger partial charge in [0, 0.05) is 42.9 Å². The van der Waals surface area contributed by atoms with Crippen molar-refractivity contribution in [1.82, 2.24) is 20.8 Å². The molecular weight excluding hydrogens is 417 g/mol.